The number of nitrogens with zero attached hydrogens (tertiary/aromatic N) is 1. The van der Waals surface area contributed by atoms with E-state index in [1.807, 2.05) is 0 Å². The zero-order valence-electron chi connectivity index (χ0n) is 10.3. The molecular weight excluding hydrogens is 266 g/mol. The molecule has 2 N–H and O–H groups in total. The monoisotopic (exact) mass is 281 g/mol. The van der Waals surface area contributed by atoms with Gasteiger partial charge in [0.25, 0.3) is 0 Å². The van der Waals surface area contributed by atoms with Crippen molar-refractivity contribution in [3.8, 4) is 0 Å². The molecule has 0 aliphatic heterocycles. The highest BCUT2D eigenvalue weighted by molar-refractivity contribution is 5.55. The number of hydrogen-bond donors (Lipinski definition) is 2. The zero-order chi connectivity index (χ0) is 14.6. The second-order valence-electron chi connectivity index (χ2n) is 4.14. The standard InChI is InChI=1S/C12H15F4NO2/c1-8(19)10-6-9(13)2-3-11(10)17(4-5-18)7-12(14,15)16/h2-3,6,8,18-19H,4-5,7H2,1H3/t8-/m0/s1. The van der Waals surface area contributed by atoms with Gasteiger partial charge in [-0.05, 0) is 25.1 Å². The molecule has 1 atom stereocenters. The third-order valence-corrected chi connectivity index (χ3v) is 2.52. The van der Waals surface area contributed by atoms with Gasteiger partial charge >= 0.3 is 6.18 Å². The van der Waals surface area contributed by atoms with Crippen molar-refractivity contribution >= 4 is 5.69 Å². The van der Waals surface area contributed by atoms with Gasteiger partial charge in [0.15, 0.2) is 0 Å². The van der Waals surface area contributed by atoms with Crippen LogP contribution in [0.1, 0.15) is 18.6 Å². The molecule has 0 radical (unpaired) electrons. The first-order valence-corrected chi connectivity index (χ1v) is 5.64. The minimum Gasteiger partial charge on any atom is -0.395 e. The minimum absolute atomic E-state index is 0.0534. The summed E-state index contributed by atoms with van der Waals surface area (Å²) >= 11 is 0. The molecule has 108 valence electrons. The van der Waals surface area contributed by atoms with Crippen LogP contribution < -0.4 is 4.90 Å². The molecule has 0 fully saturated rings. The lowest BCUT2D eigenvalue weighted by Gasteiger charge is -2.28. The Hall–Kier alpha value is -1.34. The Labute approximate surface area is 108 Å². The lowest BCUT2D eigenvalue weighted by Crippen LogP contribution is -2.37. The molecule has 0 aliphatic carbocycles. The van der Waals surface area contributed by atoms with Crippen molar-refractivity contribution in [3.63, 3.8) is 0 Å². The maximum absolute atomic E-state index is 13.1. The van der Waals surface area contributed by atoms with E-state index in [2.05, 4.69) is 0 Å². The van der Waals surface area contributed by atoms with E-state index in [4.69, 9.17) is 5.11 Å². The molecule has 3 nitrogen and oxygen atoms in total. The Morgan fingerprint density at radius 2 is 1.95 bits per heavy atom. The number of hydrogen-bond acceptors (Lipinski definition) is 3. The summed E-state index contributed by atoms with van der Waals surface area (Å²) in [5.41, 5.74) is 0.112. The van der Waals surface area contributed by atoms with Crippen LogP contribution in [0.2, 0.25) is 0 Å². The molecule has 19 heavy (non-hydrogen) atoms. The van der Waals surface area contributed by atoms with Crippen LogP contribution in [0.15, 0.2) is 18.2 Å². The summed E-state index contributed by atoms with van der Waals surface area (Å²) in [4.78, 5) is 0.863. The van der Waals surface area contributed by atoms with E-state index in [1.54, 1.807) is 0 Å². The van der Waals surface area contributed by atoms with E-state index in [9.17, 15) is 22.7 Å². The molecule has 0 aliphatic rings. The molecule has 7 heteroatoms. The Bertz CT molecular complexity index is 421. The molecule has 0 heterocycles. The fraction of sp³-hybridized carbons (Fsp3) is 0.500. The maximum atomic E-state index is 13.1. The van der Waals surface area contributed by atoms with Crippen molar-refractivity contribution < 1.29 is 27.8 Å². The molecular formula is C12H15F4NO2. The Kier molecular flexibility index (Phi) is 5.13. The summed E-state index contributed by atoms with van der Waals surface area (Å²) in [7, 11) is 0. The van der Waals surface area contributed by atoms with Crippen LogP contribution in [-0.4, -0.2) is 36.1 Å². The van der Waals surface area contributed by atoms with Crippen LogP contribution in [0.3, 0.4) is 0 Å². The number of halogens is 4. The minimum atomic E-state index is -4.46. The lowest BCUT2D eigenvalue weighted by molar-refractivity contribution is -0.119. The van der Waals surface area contributed by atoms with Gasteiger partial charge in [0.05, 0.1) is 12.7 Å². The topological polar surface area (TPSA) is 43.7 Å². The molecule has 1 aromatic rings. The van der Waals surface area contributed by atoms with E-state index in [-0.39, 0.29) is 17.8 Å². The van der Waals surface area contributed by atoms with Crippen LogP contribution in [-0.2, 0) is 0 Å². The van der Waals surface area contributed by atoms with Gasteiger partial charge in [0, 0.05) is 17.8 Å². The molecule has 1 aromatic carbocycles. The Morgan fingerprint density at radius 1 is 1.32 bits per heavy atom. The average Bonchev–Trinajstić information content (AvgIpc) is 2.26. The first-order chi connectivity index (χ1) is 8.74. The van der Waals surface area contributed by atoms with Crippen molar-refractivity contribution in [2.75, 3.05) is 24.6 Å². The summed E-state index contributed by atoms with van der Waals surface area (Å²) in [5, 5.41) is 18.3. The van der Waals surface area contributed by atoms with E-state index < -0.39 is 31.2 Å². The average molecular weight is 281 g/mol. The Morgan fingerprint density at radius 3 is 2.42 bits per heavy atom. The number of rotatable bonds is 5. The fourth-order valence-corrected chi connectivity index (χ4v) is 1.77. The van der Waals surface area contributed by atoms with Crippen LogP contribution in [0.5, 0.6) is 0 Å². The third kappa shape index (κ3) is 4.68. The predicted octanol–water partition coefficient (Wildman–Crippen LogP) is 2.24. The van der Waals surface area contributed by atoms with Gasteiger partial charge in [-0.2, -0.15) is 13.2 Å². The first kappa shape index (κ1) is 15.7. The van der Waals surface area contributed by atoms with Crippen molar-refractivity contribution in [2.24, 2.45) is 0 Å². The smallest absolute Gasteiger partial charge is 0.395 e. The summed E-state index contributed by atoms with van der Waals surface area (Å²) in [6.07, 6.45) is -5.57. The maximum Gasteiger partial charge on any atom is 0.405 e. The summed E-state index contributed by atoms with van der Waals surface area (Å²) in [6, 6.07) is 3.17. The van der Waals surface area contributed by atoms with Gasteiger partial charge in [-0.1, -0.05) is 0 Å². The van der Waals surface area contributed by atoms with Crippen LogP contribution in [0.4, 0.5) is 23.2 Å². The third-order valence-electron chi connectivity index (χ3n) is 2.52. The summed E-state index contributed by atoms with van der Waals surface area (Å²) in [5.74, 6) is -0.643. The largest absolute Gasteiger partial charge is 0.405 e. The molecule has 0 saturated heterocycles. The number of aliphatic hydroxyl groups excluding tert-OH is 2. The van der Waals surface area contributed by atoms with Crippen LogP contribution in [0, 0.1) is 5.82 Å². The molecule has 0 aromatic heterocycles. The molecule has 0 amide bonds. The van der Waals surface area contributed by atoms with Crippen molar-refractivity contribution in [1.82, 2.24) is 0 Å². The highest BCUT2D eigenvalue weighted by Crippen LogP contribution is 2.29. The summed E-state index contributed by atoms with van der Waals surface area (Å²) < 4.78 is 50.5. The van der Waals surface area contributed by atoms with Crippen molar-refractivity contribution in [1.29, 1.82) is 0 Å². The van der Waals surface area contributed by atoms with E-state index in [0.29, 0.717) is 0 Å². The van der Waals surface area contributed by atoms with Crippen LogP contribution >= 0.6 is 0 Å². The number of anilines is 1. The quantitative estimate of drug-likeness (QED) is 0.814. The van der Waals surface area contributed by atoms with Gasteiger partial charge in [0.1, 0.15) is 12.4 Å². The second kappa shape index (κ2) is 6.21. The Balaban J connectivity index is 3.14. The van der Waals surface area contributed by atoms with E-state index in [1.165, 1.54) is 13.0 Å². The first-order valence-electron chi connectivity index (χ1n) is 5.64. The van der Waals surface area contributed by atoms with Crippen molar-refractivity contribution in [3.05, 3.63) is 29.6 Å². The van der Waals surface area contributed by atoms with E-state index in [0.717, 1.165) is 17.0 Å². The van der Waals surface area contributed by atoms with Gasteiger partial charge < -0.3 is 15.1 Å². The lowest BCUT2D eigenvalue weighted by atomic mass is 10.1. The van der Waals surface area contributed by atoms with E-state index >= 15 is 0 Å². The van der Waals surface area contributed by atoms with Crippen molar-refractivity contribution in [2.45, 2.75) is 19.2 Å². The molecule has 1 rings (SSSR count). The molecule has 0 saturated carbocycles. The normalized spacial score (nSPS) is 13.4. The zero-order valence-corrected chi connectivity index (χ0v) is 10.3. The fourth-order valence-electron chi connectivity index (χ4n) is 1.77. The SMILES string of the molecule is C[C@H](O)c1cc(F)ccc1N(CCO)CC(F)(F)F. The molecule has 0 unspecified atom stereocenters. The second-order valence-corrected chi connectivity index (χ2v) is 4.14. The van der Waals surface area contributed by atoms with Gasteiger partial charge in [-0.15, -0.1) is 0 Å². The highest BCUT2D eigenvalue weighted by atomic mass is 19.4. The van der Waals surface area contributed by atoms with Crippen LogP contribution in [0.25, 0.3) is 0 Å². The number of alkyl halides is 3. The molecule has 0 spiro atoms. The number of benzene rings is 1. The summed E-state index contributed by atoms with van der Waals surface area (Å²) in [6.45, 7) is -0.681. The highest BCUT2D eigenvalue weighted by Gasteiger charge is 2.31. The van der Waals surface area contributed by atoms with Gasteiger partial charge in [-0.3, -0.25) is 0 Å². The number of aliphatic hydroxyl groups is 2. The van der Waals surface area contributed by atoms with Gasteiger partial charge in [-0.25, -0.2) is 4.39 Å². The van der Waals surface area contributed by atoms with Gasteiger partial charge in [0.2, 0.25) is 0 Å². The predicted molar refractivity (Wildman–Crippen MR) is 62.4 cm³/mol. The molecule has 0 bridgehead atoms.